The smallest absolute Gasteiger partial charge is 0.122 e. The van der Waals surface area contributed by atoms with Crippen molar-refractivity contribution in [2.75, 3.05) is 27.4 Å². The van der Waals surface area contributed by atoms with Gasteiger partial charge < -0.3 is 19.5 Å². The molecule has 0 spiro atoms. The predicted molar refractivity (Wildman–Crippen MR) is 86.2 cm³/mol. The van der Waals surface area contributed by atoms with Crippen molar-refractivity contribution in [3.05, 3.63) is 23.8 Å². The lowest BCUT2D eigenvalue weighted by Crippen LogP contribution is -2.37. The lowest BCUT2D eigenvalue weighted by Gasteiger charge is -2.31. The molecule has 0 amide bonds. The maximum atomic E-state index is 5.98. The molecule has 1 aromatic carbocycles. The highest BCUT2D eigenvalue weighted by molar-refractivity contribution is 5.40. The van der Waals surface area contributed by atoms with Crippen LogP contribution in [0.3, 0.4) is 0 Å². The Hall–Kier alpha value is -1.26. The molecule has 21 heavy (non-hydrogen) atoms. The van der Waals surface area contributed by atoms with E-state index in [9.17, 15) is 0 Å². The number of rotatable bonds is 9. The minimum absolute atomic E-state index is 0.103. The van der Waals surface area contributed by atoms with Crippen molar-refractivity contribution in [2.24, 2.45) is 5.92 Å². The summed E-state index contributed by atoms with van der Waals surface area (Å²) < 4.78 is 16.7. The largest absolute Gasteiger partial charge is 0.497 e. The molecule has 4 nitrogen and oxygen atoms in total. The summed E-state index contributed by atoms with van der Waals surface area (Å²) in [5.41, 5.74) is 1.13. The lowest BCUT2D eigenvalue weighted by molar-refractivity contribution is 0.00310. The summed E-state index contributed by atoms with van der Waals surface area (Å²) in [4.78, 5) is 0. The van der Waals surface area contributed by atoms with E-state index in [1.807, 2.05) is 25.1 Å². The van der Waals surface area contributed by atoms with Gasteiger partial charge in [-0.3, -0.25) is 0 Å². The van der Waals surface area contributed by atoms with E-state index >= 15 is 0 Å². The second-order valence-electron chi connectivity index (χ2n) is 5.35. The molecule has 0 bridgehead atoms. The average Bonchev–Trinajstić information content (AvgIpc) is 2.49. The van der Waals surface area contributed by atoms with E-state index in [0.29, 0.717) is 12.5 Å². The molecular weight excluding hydrogens is 266 g/mol. The second kappa shape index (κ2) is 8.90. The molecule has 0 aliphatic carbocycles. The van der Waals surface area contributed by atoms with Crippen LogP contribution >= 0.6 is 0 Å². The lowest BCUT2D eigenvalue weighted by atomic mass is 9.93. The summed E-state index contributed by atoms with van der Waals surface area (Å²) >= 11 is 0. The normalized spacial score (nSPS) is 14.0. The van der Waals surface area contributed by atoms with E-state index in [-0.39, 0.29) is 12.1 Å². The van der Waals surface area contributed by atoms with Crippen molar-refractivity contribution in [1.82, 2.24) is 5.32 Å². The molecule has 0 aliphatic rings. The number of methoxy groups -OCH3 is 2. The molecule has 0 heterocycles. The Labute approximate surface area is 128 Å². The zero-order valence-electron chi connectivity index (χ0n) is 14.1. The van der Waals surface area contributed by atoms with Gasteiger partial charge in [-0.05, 0) is 37.1 Å². The van der Waals surface area contributed by atoms with Gasteiger partial charge in [0.1, 0.15) is 11.5 Å². The SMILES string of the molecule is CCNC(c1cc(OC)cc(OC)c1)C(OCC)C(C)C. The van der Waals surface area contributed by atoms with Gasteiger partial charge in [0.25, 0.3) is 0 Å². The molecule has 1 N–H and O–H groups in total. The Kier molecular flexibility index (Phi) is 7.54. The maximum Gasteiger partial charge on any atom is 0.122 e. The Morgan fingerprint density at radius 1 is 1.00 bits per heavy atom. The van der Waals surface area contributed by atoms with Gasteiger partial charge in [-0.2, -0.15) is 0 Å². The van der Waals surface area contributed by atoms with Gasteiger partial charge in [0.2, 0.25) is 0 Å². The summed E-state index contributed by atoms with van der Waals surface area (Å²) in [6, 6.07) is 6.09. The van der Waals surface area contributed by atoms with Crippen LogP contribution in [0.4, 0.5) is 0 Å². The van der Waals surface area contributed by atoms with E-state index in [1.165, 1.54) is 0 Å². The number of ether oxygens (including phenoxy) is 3. The first kappa shape index (κ1) is 17.8. The Balaban J connectivity index is 3.19. The van der Waals surface area contributed by atoms with Crippen LogP contribution in [0.1, 0.15) is 39.3 Å². The van der Waals surface area contributed by atoms with Crippen molar-refractivity contribution in [3.8, 4) is 11.5 Å². The summed E-state index contributed by atoms with van der Waals surface area (Å²) in [7, 11) is 3.34. The van der Waals surface area contributed by atoms with Crippen molar-refractivity contribution >= 4 is 0 Å². The number of hydrogen-bond acceptors (Lipinski definition) is 4. The molecule has 120 valence electrons. The number of likely N-dealkylation sites (N-methyl/N-ethyl adjacent to an activating group) is 1. The highest BCUT2D eigenvalue weighted by Crippen LogP contribution is 2.31. The standard InChI is InChI=1S/C17H29NO3/c1-7-18-16(17(12(3)4)21-8-2)13-9-14(19-5)11-15(10-13)20-6/h9-12,16-18H,7-8H2,1-6H3. The van der Waals surface area contributed by atoms with Crippen molar-refractivity contribution in [1.29, 1.82) is 0 Å². The summed E-state index contributed by atoms with van der Waals surface area (Å²) in [5, 5.41) is 3.53. The monoisotopic (exact) mass is 295 g/mol. The fourth-order valence-electron chi connectivity index (χ4n) is 2.52. The van der Waals surface area contributed by atoms with Crippen LogP contribution in [0.2, 0.25) is 0 Å². The fraction of sp³-hybridized carbons (Fsp3) is 0.647. The molecule has 0 radical (unpaired) electrons. The van der Waals surface area contributed by atoms with Gasteiger partial charge in [-0.25, -0.2) is 0 Å². The van der Waals surface area contributed by atoms with Crippen LogP contribution in [0.25, 0.3) is 0 Å². The maximum absolute atomic E-state index is 5.98. The highest BCUT2D eigenvalue weighted by Gasteiger charge is 2.26. The Morgan fingerprint density at radius 2 is 1.57 bits per heavy atom. The van der Waals surface area contributed by atoms with Gasteiger partial charge in [0.05, 0.1) is 26.4 Å². The van der Waals surface area contributed by atoms with Crippen LogP contribution in [0.5, 0.6) is 11.5 Å². The summed E-state index contributed by atoms with van der Waals surface area (Å²) in [6.07, 6.45) is 0.103. The topological polar surface area (TPSA) is 39.7 Å². The zero-order chi connectivity index (χ0) is 15.8. The first-order valence-corrected chi connectivity index (χ1v) is 7.65. The minimum Gasteiger partial charge on any atom is -0.497 e. The third kappa shape index (κ3) is 4.90. The summed E-state index contributed by atoms with van der Waals surface area (Å²) in [6.45, 7) is 10.1. The highest BCUT2D eigenvalue weighted by atomic mass is 16.5. The van der Waals surface area contributed by atoms with E-state index in [1.54, 1.807) is 14.2 Å². The van der Waals surface area contributed by atoms with Crippen molar-refractivity contribution < 1.29 is 14.2 Å². The van der Waals surface area contributed by atoms with Gasteiger partial charge in [0, 0.05) is 12.7 Å². The molecule has 0 aromatic heterocycles. The Morgan fingerprint density at radius 3 is 1.95 bits per heavy atom. The molecule has 4 heteroatoms. The molecule has 2 atom stereocenters. The molecule has 1 aromatic rings. The number of nitrogens with one attached hydrogen (secondary N) is 1. The van der Waals surface area contributed by atoms with E-state index in [4.69, 9.17) is 14.2 Å². The predicted octanol–water partition coefficient (Wildman–Crippen LogP) is 3.42. The van der Waals surface area contributed by atoms with Crippen molar-refractivity contribution in [2.45, 2.75) is 39.8 Å². The van der Waals surface area contributed by atoms with E-state index in [0.717, 1.165) is 23.6 Å². The first-order chi connectivity index (χ1) is 10.1. The van der Waals surface area contributed by atoms with Crippen LogP contribution in [-0.2, 0) is 4.74 Å². The van der Waals surface area contributed by atoms with Crippen LogP contribution in [0, 0.1) is 5.92 Å². The van der Waals surface area contributed by atoms with Gasteiger partial charge in [-0.1, -0.05) is 20.8 Å². The molecular formula is C17H29NO3. The summed E-state index contributed by atoms with van der Waals surface area (Å²) in [5.74, 6) is 2.00. The van der Waals surface area contributed by atoms with Gasteiger partial charge in [0.15, 0.2) is 0 Å². The van der Waals surface area contributed by atoms with Gasteiger partial charge in [-0.15, -0.1) is 0 Å². The second-order valence-corrected chi connectivity index (χ2v) is 5.35. The quantitative estimate of drug-likeness (QED) is 0.758. The average molecular weight is 295 g/mol. The van der Waals surface area contributed by atoms with E-state index < -0.39 is 0 Å². The third-order valence-electron chi connectivity index (χ3n) is 3.50. The molecule has 0 aliphatic heterocycles. The Bertz CT molecular complexity index is 398. The first-order valence-electron chi connectivity index (χ1n) is 7.65. The van der Waals surface area contributed by atoms with Crippen molar-refractivity contribution in [3.63, 3.8) is 0 Å². The van der Waals surface area contributed by atoms with Crippen LogP contribution < -0.4 is 14.8 Å². The van der Waals surface area contributed by atoms with Gasteiger partial charge >= 0.3 is 0 Å². The molecule has 0 saturated heterocycles. The molecule has 2 unspecified atom stereocenters. The molecule has 1 rings (SSSR count). The molecule has 0 fully saturated rings. The third-order valence-corrected chi connectivity index (χ3v) is 3.50. The van der Waals surface area contributed by atoms with Crippen LogP contribution in [-0.4, -0.2) is 33.5 Å². The van der Waals surface area contributed by atoms with Crippen LogP contribution in [0.15, 0.2) is 18.2 Å². The number of benzene rings is 1. The van der Waals surface area contributed by atoms with E-state index in [2.05, 4.69) is 26.1 Å². The zero-order valence-corrected chi connectivity index (χ0v) is 14.1. The fourth-order valence-corrected chi connectivity index (χ4v) is 2.52. The number of hydrogen-bond donors (Lipinski definition) is 1. The molecule has 0 saturated carbocycles. The minimum atomic E-state index is 0.103.